The Morgan fingerprint density at radius 1 is 1.39 bits per heavy atom. The molecular weight excluding hydrogens is 268 g/mol. The predicted octanol–water partition coefficient (Wildman–Crippen LogP) is -2.20. The largest absolute Gasteiger partial charge is 0.394 e. The number of aliphatic hydroxyl groups excluding tert-OH is 3. The lowest BCUT2D eigenvalue weighted by atomic mass is 10.1. The molecule has 0 aromatic carbocycles. The molecule has 1 aromatic rings. The highest BCUT2D eigenvalue weighted by Crippen LogP contribution is 2.28. The Morgan fingerprint density at radius 3 is 2.61 bits per heavy atom. The highest BCUT2D eigenvalue weighted by molar-refractivity contribution is 6.30. The van der Waals surface area contributed by atoms with Gasteiger partial charge in [0.25, 0.3) is 5.56 Å². The number of aromatic amines is 1. The minimum absolute atomic E-state index is 0.257. The lowest BCUT2D eigenvalue weighted by Crippen LogP contribution is -2.38. The summed E-state index contributed by atoms with van der Waals surface area (Å²) in [6, 6.07) is 0. The number of halogens is 1. The number of H-pyrrole nitrogens is 1. The molecule has 2 rings (SSSR count). The molecule has 0 radical (unpaired) electrons. The molecule has 0 spiro atoms. The van der Waals surface area contributed by atoms with Crippen LogP contribution in [0.2, 0.25) is 5.02 Å². The maximum atomic E-state index is 11.5. The van der Waals surface area contributed by atoms with E-state index in [9.17, 15) is 19.8 Å². The number of hydrogen-bond donors (Lipinski definition) is 4. The lowest BCUT2D eigenvalue weighted by molar-refractivity contribution is -0.0550. The normalized spacial score (nSPS) is 31.8. The SMILES string of the molecule is O=c1[nH]c(=O)n([C@@H]2O[C@H](CO)[C@@H](O)[C@@H]2O)cc1Cl. The third-order valence-electron chi connectivity index (χ3n) is 2.72. The minimum Gasteiger partial charge on any atom is -0.394 e. The van der Waals surface area contributed by atoms with Gasteiger partial charge in [0.1, 0.15) is 23.3 Å². The summed E-state index contributed by atoms with van der Waals surface area (Å²) < 4.78 is 5.98. The Bertz CT molecular complexity index is 555. The van der Waals surface area contributed by atoms with Crippen molar-refractivity contribution in [2.75, 3.05) is 6.61 Å². The topological polar surface area (TPSA) is 125 Å². The maximum absolute atomic E-state index is 11.5. The van der Waals surface area contributed by atoms with Gasteiger partial charge in [-0.25, -0.2) is 4.79 Å². The molecule has 9 heteroatoms. The summed E-state index contributed by atoms with van der Waals surface area (Å²) in [5.74, 6) is 0. The summed E-state index contributed by atoms with van der Waals surface area (Å²) in [7, 11) is 0. The second-order valence-electron chi connectivity index (χ2n) is 3.87. The van der Waals surface area contributed by atoms with Crippen molar-refractivity contribution in [1.29, 1.82) is 0 Å². The molecule has 1 saturated heterocycles. The van der Waals surface area contributed by atoms with Crippen LogP contribution in [0.3, 0.4) is 0 Å². The Kier molecular flexibility index (Phi) is 3.55. The first-order valence-corrected chi connectivity index (χ1v) is 5.47. The molecule has 0 saturated carbocycles. The standard InChI is InChI=1S/C9H11ClN2O6/c10-3-1-12(9(17)11-7(3)16)8-6(15)5(14)4(2-13)18-8/h1,4-6,8,13-15H,2H2,(H,11,16,17)/t4-,5-,6+,8-/m1/s1. The highest BCUT2D eigenvalue weighted by atomic mass is 35.5. The van der Waals surface area contributed by atoms with Gasteiger partial charge in [-0.3, -0.25) is 14.3 Å². The van der Waals surface area contributed by atoms with Crippen LogP contribution >= 0.6 is 11.6 Å². The van der Waals surface area contributed by atoms with E-state index in [1.807, 2.05) is 4.98 Å². The number of ether oxygens (including phenoxy) is 1. The van der Waals surface area contributed by atoms with Crippen molar-refractivity contribution in [1.82, 2.24) is 9.55 Å². The van der Waals surface area contributed by atoms with Gasteiger partial charge < -0.3 is 20.1 Å². The van der Waals surface area contributed by atoms with Crippen LogP contribution in [0.1, 0.15) is 6.23 Å². The van der Waals surface area contributed by atoms with Gasteiger partial charge >= 0.3 is 5.69 Å². The van der Waals surface area contributed by atoms with Gasteiger partial charge in [-0.2, -0.15) is 0 Å². The highest BCUT2D eigenvalue weighted by Gasteiger charge is 2.43. The minimum atomic E-state index is -1.41. The van der Waals surface area contributed by atoms with Crippen molar-refractivity contribution in [2.24, 2.45) is 0 Å². The zero-order chi connectivity index (χ0) is 13.4. The van der Waals surface area contributed by atoms with Crippen LogP contribution in [0.5, 0.6) is 0 Å². The predicted molar refractivity (Wildman–Crippen MR) is 59.3 cm³/mol. The van der Waals surface area contributed by atoms with Crippen LogP contribution in [0.4, 0.5) is 0 Å². The van der Waals surface area contributed by atoms with Crippen LogP contribution in [-0.4, -0.2) is 49.8 Å². The molecule has 0 amide bonds. The van der Waals surface area contributed by atoms with E-state index in [1.54, 1.807) is 0 Å². The van der Waals surface area contributed by atoms with E-state index in [0.717, 1.165) is 10.8 Å². The van der Waals surface area contributed by atoms with E-state index in [0.29, 0.717) is 0 Å². The summed E-state index contributed by atoms with van der Waals surface area (Å²) >= 11 is 5.57. The van der Waals surface area contributed by atoms with Crippen molar-refractivity contribution < 1.29 is 20.1 Å². The van der Waals surface area contributed by atoms with Gasteiger partial charge in [0.15, 0.2) is 6.23 Å². The Balaban J connectivity index is 2.42. The van der Waals surface area contributed by atoms with Crippen LogP contribution in [0, 0.1) is 0 Å². The Hall–Kier alpha value is -1.19. The molecule has 1 aliphatic heterocycles. The first kappa shape index (κ1) is 13.2. The van der Waals surface area contributed by atoms with Gasteiger partial charge in [-0.1, -0.05) is 11.6 Å². The third-order valence-corrected chi connectivity index (χ3v) is 2.98. The van der Waals surface area contributed by atoms with Crippen molar-refractivity contribution in [3.63, 3.8) is 0 Å². The molecule has 1 fully saturated rings. The average Bonchev–Trinajstić information content (AvgIpc) is 2.61. The Morgan fingerprint density at radius 2 is 2.06 bits per heavy atom. The summed E-state index contributed by atoms with van der Waals surface area (Å²) in [5, 5.41) is 27.9. The van der Waals surface area contributed by atoms with Gasteiger partial charge in [0.2, 0.25) is 0 Å². The summed E-state index contributed by atoms with van der Waals surface area (Å²) in [6.07, 6.45) is -3.98. The number of rotatable bonds is 2. The van der Waals surface area contributed by atoms with Gasteiger partial charge in [-0.15, -0.1) is 0 Å². The molecule has 1 aliphatic rings. The van der Waals surface area contributed by atoms with Crippen LogP contribution in [0.15, 0.2) is 15.8 Å². The fourth-order valence-corrected chi connectivity index (χ4v) is 1.91. The smallest absolute Gasteiger partial charge is 0.330 e. The molecule has 18 heavy (non-hydrogen) atoms. The molecule has 0 aliphatic carbocycles. The van der Waals surface area contributed by atoms with E-state index in [2.05, 4.69) is 0 Å². The van der Waals surface area contributed by atoms with E-state index in [1.165, 1.54) is 0 Å². The van der Waals surface area contributed by atoms with E-state index < -0.39 is 42.4 Å². The number of aliphatic hydroxyl groups is 3. The molecule has 8 nitrogen and oxygen atoms in total. The average molecular weight is 279 g/mol. The van der Waals surface area contributed by atoms with E-state index >= 15 is 0 Å². The zero-order valence-electron chi connectivity index (χ0n) is 8.99. The van der Waals surface area contributed by atoms with Crippen LogP contribution in [0.25, 0.3) is 0 Å². The molecule has 1 aromatic heterocycles. The number of nitrogens with one attached hydrogen (secondary N) is 1. The summed E-state index contributed by atoms with van der Waals surface area (Å²) in [5.41, 5.74) is -1.59. The van der Waals surface area contributed by atoms with Gasteiger partial charge in [0.05, 0.1) is 6.61 Å². The Labute approximate surface area is 105 Å². The first-order valence-electron chi connectivity index (χ1n) is 5.09. The quantitative estimate of drug-likeness (QED) is 0.487. The number of nitrogens with zero attached hydrogens (tertiary/aromatic N) is 1. The zero-order valence-corrected chi connectivity index (χ0v) is 9.74. The van der Waals surface area contributed by atoms with Gasteiger partial charge in [-0.05, 0) is 0 Å². The molecule has 2 heterocycles. The monoisotopic (exact) mass is 278 g/mol. The summed E-state index contributed by atoms with van der Waals surface area (Å²) in [6.45, 7) is -0.513. The van der Waals surface area contributed by atoms with Crippen LogP contribution < -0.4 is 11.2 Å². The molecule has 4 atom stereocenters. The third kappa shape index (κ3) is 2.08. The second-order valence-corrected chi connectivity index (χ2v) is 4.28. The summed E-state index contributed by atoms with van der Waals surface area (Å²) in [4.78, 5) is 24.6. The molecule has 4 N–H and O–H groups in total. The lowest BCUT2D eigenvalue weighted by Gasteiger charge is -2.17. The molecule has 100 valence electrons. The van der Waals surface area contributed by atoms with E-state index in [4.69, 9.17) is 21.4 Å². The molecule has 0 unspecified atom stereocenters. The van der Waals surface area contributed by atoms with Crippen molar-refractivity contribution in [3.05, 3.63) is 32.1 Å². The number of hydrogen-bond acceptors (Lipinski definition) is 6. The maximum Gasteiger partial charge on any atom is 0.330 e. The van der Waals surface area contributed by atoms with Crippen molar-refractivity contribution in [3.8, 4) is 0 Å². The van der Waals surface area contributed by atoms with Gasteiger partial charge in [0, 0.05) is 6.20 Å². The van der Waals surface area contributed by atoms with E-state index in [-0.39, 0.29) is 5.02 Å². The molecular formula is C9H11ClN2O6. The number of aromatic nitrogens is 2. The van der Waals surface area contributed by atoms with Crippen molar-refractivity contribution >= 4 is 11.6 Å². The molecule has 0 bridgehead atoms. The van der Waals surface area contributed by atoms with Crippen LogP contribution in [-0.2, 0) is 4.74 Å². The second kappa shape index (κ2) is 4.82. The first-order chi connectivity index (χ1) is 8.45. The fraction of sp³-hybridized carbons (Fsp3) is 0.556. The fourth-order valence-electron chi connectivity index (χ4n) is 1.76. The van der Waals surface area contributed by atoms with Crippen molar-refractivity contribution in [2.45, 2.75) is 24.5 Å².